The summed E-state index contributed by atoms with van der Waals surface area (Å²) in [5, 5.41) is 6.40. The maximum absolute atomic E-state index is 12.1. The minimum Gasteiger partial charge on any atom is -0.349 e. The van der Waals surface area contributed by atoms with E-state index in [1.807, 2.05) is 6.92 Å². The van der Waals surface area contributed by atoms with Gasteiger partial charge in [-0.15, -0.1) is 0 Å². The van der Waals surface area contributed by atoms with Crippen molar-refractivity contribution in [1.29, 1.82) is 0 Å². The van der Waals surface area contributed by atoms with Crippen LogP contribution in [0.3, 0.4) is 0 Å². The molecule has 1 aliphatic heterocycles. The Hall–Kier alpha value is -1.35. The fourth-order valence-corrected chi connectivity index (χ4v) is 2.35. The van der Waals surface area contributed by atoms with Gasteiger partial charge in [-0.3, -0.25) is 4.79 Å². The van der Waals surface area contributed by atoms with E-state index in [1.54, 1.807) is 0 Å². The molecule has 98 valence electrons. The van der Waals surface area contributed by atoms with Crippen molar-refractivity contribution in [3.63, 3.8) is 0 Å². The van der Waals surface area contributed by atoms with Gasteiger partial charge in [0.15, 0.2) is 0 Å². The number of rotatable bonds is 3. The Kier molecular flexibility index (Phi) is 4.37. The molecule has 0 radical (unpaired) electrons. The van der Waals surface area contributed by atoms with E-state index in [4.69, 9.17) is 0 Å². The topological polar surface area (TPSA) is 41.1 Å². The second-order valence-corrected chi connectivity index (χ2v) is 5.17. The van der Waals surface area contributed by atoms with Gasteiger partial charge in [0.1, 0.15) is 0 Å². The van der Waals surface area contributed by atoms with Gasteiger partial charge < -0.3 is 10.6 Å². The minimum absolute atomic E-state index is 0.0907. The van der Waals surface area contributed by atoms with Crippen molar-refractivity contribution >= 4 is 5.91 Å². The second kappa shape index (κ2) is 6.01. The number of hydrogen-bond donors (Lipinski definition) is 2. The van der Waals surface area contributed by atoms with Gasteiger partial charge in [0.05, 0.1) is 6.04 Å². The molecule has 1 amide bonds. The van der Waals surface area contributed by atoms with Gasteiger partial charge in [-0.05, 0) is 45.3 Å². The van der Waals surface area contributed by atoms with E-state index in [0.29, 0.717) is 0 Å². The highest BCUT2D eigenvalue weighted by atomic mass is 16.1. The zero-order valence-corrected chi connectivity index (χ0v) is 11.2. The normalized spacial score (nSPS) is 18.3. The highest BCUT2D eigenvalue weighted by molar-refractivity contribution is 5.79. The first-order chi connectivity index (χ1) is 8.66. The molecule has 3 nitrogen and oxygen atoms in total. The van der Waals surface area contributed by atoms with Gasteiger partial charge >= 0.3 is 0 Å². The van der Waals surface area contributed by atoms with E-state index in [-0.39, 0.29) is 17.9 Å². The first kappa shape index (κ1) is 13.1. The van der Waals surface area contributed by atoms with E-state index >= 15 is 0 Å². The zero-order valence-electron chi connectivity index (χ0n) is 11.2. The average Bonchev–Trinajstić information content (AvgIpc) is 2.40. The van der Waals surface area contributed by atoms with E-state index in [9.17, 15) is 4.79 Å². The Labute approximate surface area is 109 Å². The van der Waals surface area contributed by atoms with Crippen LogP contribution in [0.15, 0.2) is 24.3 Å². The first-order valence-electron chi connectivity index (χ1n) is 6.74. The minimum atomic E-state index is 0.0907. The predicted molar refractivity (Wildman–Crippen MR) is 73.3 cm³/mol. The molecule has 2 N–H and O–H groups in total. The lowest BCUT2D eigenvalue weighted by Gasteiger charge is -2.24. The highest BCUT2D eigenvalue weighted by Crippen LogP contribution is 2.16. The van der Waals surface area contributed by atoms with Crippen molar-refractivity contribution in [2.75, 3.05) is 13.1 Å². The lowest BCUT2D eigenvalue weighted by Crippen LogP contribution is -2.39. The molecule has 18 heavy (non-hydrogen) atoms. The second-order valence-electron chi connectivity index (χ2n) is 5.17. The van der Waals surface area contributed by atoms with Crippen LogP contribution in [0.4, 0.5) is 0 Å². The third-order valence-corrected chi connectivity index (χ3v) is 3.65. The predicted octanol–water partition coefficient (Wildman–Crippen LogP) is 2.17. The van der Waals surface area contributed by atoms with Crippen molar-refractivity contribution in [3.05, 3.63) is 35.4 Å². The number of benzene rings is 1. The number of carbonyl (C=O) groups is 1. The number of piperidine rings is 1. The molecule has 1 aromatic rings. The molecule has 3 heteroatoms. The largest absolute Gasteiger partial charge is 0.349 e. The zero-order chi connectivity index (χ0) is 13.0. The van der Waals surface area contributed by atoms with E-state index in [2.05, 4.69) is 41.8 Å². The van der Waals surface area contributed by atoms with Gasteiger partial charge in [0.25, 0.3) is 0 Å². The molecule has 0 saturated carbocycles. The maximum atomic E-state index is 12.1. The van der Waals surface area contributed by atoms with Crippen LogP contribution in [0, 0.1) is 12.8 Å². The van der Waals surface area contributed by atoms with Gasteiger partial charge in [-0.25, -0.2) is 0 Å². The Bertz CT molecular complexity index is 393. The summed E-state index contributed by atoms with van der Waals surface area (Å²) in [7, 11) is 0. The van der Waals surface area contributed by atoms with Crippen LogP contribution < -0.4 is 10.6 Å². The Balaban J connectivity index is 1.91. The molecule has 0 spiro atoms. The Morgan fingerprint density at radius 1 is 1.28 bits per heavy atom. The molecule has 1 aliphatic rings. The standard InChI is InChI=1S/C15H22N2O/c1-11-3-5-13(6-4-11)12(2)17-15(18)14-7-9-16-10-8-14/h3-6,12,14,16H,7-10H2,1-2H3,(H,17,18)/t12-/m0/s1. The molecule has 1 atom stereocenters. The fraction of sp³-hybridized carbons (Fsp3) is 0.533. The van der Waals surface area contributed by atoms with Crippen molar-refractivity contribution < 1.29 is 4.79 Å². The number of amides is 1. The molecule has 0 bridgehead atoms. The molecule has 2 rings (SSSR count). The van der Waals surface area contributed by atoms with Crippen LogP contribution >= 0.6 is 0 Å². The quantitative estimate of drug-likeness (QED) is 0.858. The molecule has 0 aromatic heterocycles. The Morgan fingerprint density at radius 2 is 1.89 bits per heavy atom. The highest BCUT2D eigenvalue weighted by Gasteiger charge is 2.22. The van der Waals surface area contributed by atoms with E-state index in [1.165, 1.54) is 11.1 Å². The third kappa shape index (κ3) is 3.33. The van der Waals surface area contributed by atoms with E-state index < -0.39 is 0 Å². The summed E-state index contributed by atoms with van der Waals surface area (Å²) in [6.45, 7) is 6.03. The lowest BCUT2D eigenvalue weighted by molar-refractivity contribution is -0.126. The number of carbonyl (C=O) groups excluding carboxylic acids is 1. The van der Waals surface area contributed by atoms with Gasteiger partial charge in [0.2, 0.25) is 5.91 Å². The molecule has 1 aromatic carbocycles. The average molecular weight is 246 g/mol. The van der Waals surface area contributed by atoms with Crippen molar-refractivity contribution in [1.82, 2.24) is 10.6 Å². The van der Waals surface area contributed by atoms with Crippen molar-refractivity contribution in [2.24, 2.45) is 5.92 Å². The number of hydrogen-bond acceptors (Lipinski definition) is 2. The molecule has 1 fully saturated rings. The molecule has 1 heterocycles. The molecular formula is C15H22N2O. The molecule has 1 saturated heterocycles. The monoisotopic (exact) mass is 246 g/mol. The maximum Gasteiger partial charge on any atom is 0.223 e. The number of nitrogens with one attached hydrogen (secondary N) is 2. The first-order valence-corrected chi connectivity index (χ1v) is 6.74. The van der Waals surface area contributed by atoms with Gasteiger partial charge in [0, 0.05) is 5.92 Å². The van der Waals surface area contributed by atoms with Crippen LogP contribution in [0.1, 0.15) is 36.9 Å². The number of aryl methyl sites for hydroxylation is 1. The molecule has 0 aliphatic carbocycles. The van der Waals surface area contributed by atoms with Crippen LogP contribution in [0.2, 0.25) is 0 Å². The van der Waals surface area contributed by atoms with Crippen LogP contribution in [0.5, 0.6) is 0 Å². The SMILES string of the molecule is Cc1ccc([C@H](C)NC(=O)C2CCNCC2)cc1. The van der Waals surface area contributed by atoms with Crippen molar-refractivity contribution in [3.8, 4) is 0 Å². The van der Waals surface area contributed by atoms with Crippen molar-refractivity contribution in [2.45, 2.75) is 32.7 Å². The summed E-state index contributed by atoms with van der Waals surface area (Å²) in [5.41, 5.74) is 2.42. The summed E-state index contributed by atoms with van der Waals surface area (Å²) in [6.07, 6.45) is 1.90. The van der Waals surface area contributed by atoms with E-state index in [0.717, 1.165) is 25.9 Å². The van der Waals surface area contributed by atoms with Crippen LogP contribution in [0.25, 0.3) is 0 Å². The molecular weight excluding hydrogens is 224 g/mol. The van der Waals surface area contributed by atoms with Crippen LogP contribution in [-0.2, 0) is 4.79 Å². The van der Waals surface area contributed by atoms with Gasteiger partial charge in [-0.2, -0.15) is 0 Å². The Morgan fingerprint density at radius 3 is 2.50 bits per heavy atom. The van der Waals surface area contributed by atoms with Crippen LogP contribution in [-0.4, -0.2) is 19.0 Å². The summed E-state index contributed by atoms with van der Waals surface area (Å²) in [6, 6.07) is 8.43. The summed E-state index contributed by atoms with van der Waals surface area (Å²) < 4.78 is 0. The third-order valence-electron chi connectivity index (χ3n) is 3.65. The fourth-order valence-electron chi connectivity index (χ4n) is 2.35. The summed E-state index contributed by atoms with van der Waals surface area (Å²) in [4.78, 5) is 12.1. The lowest BCUT2D eigenvalue weighted by atomic mass is 9.96. The molecule has 0 unspecified atom stereocenters. The summed E-state index contributed by atoms with van der Waals surface area (Å²) in [5.74, 6) is 0.378. The summed E-state index contributed by atoms with van der Waals surface area (Å²) >= 11 is 0. The smallest absolute Gasteiger partial charge is 0.223 e. The van der Waals surface area contributed by atoms with Gasteiger partial charge in [-0.1, -0.05) is 29.8 Å².